The lowest BCUT2D eigenvalue weighted by Gasteiger charge is -1.51. The Labute approximate surface area is 38.3 Å². The molecular weight excluding hydrogens is 98.1 g/mol. The van der Waals surface area contributed by atoms with Gasteiger partial charge in [-0.25, -0.2) is 4.98 Å². The van der Waals surface area contributed by atoms with Crippen LogP contribution in [0.4, 0.5) is 0 Å². The van der Waals surface area contributed by atoms with Crippen LogP contribution in [-0.4, -0.2) is 9.54 Å². The number of hydrogen-bond acceptors (Lipinski definition) is 2. The van der Waals surface area contributed by atoms with Gasteiger partial charge in [0.1, 0.15) is 0 Å². The molecule has 3 heteroatoms. The maximum atomic E-state index is 8.52. The van der Waals surface area contributed by atoms with Crippen molar-refractivity contribution >= 4 is 10.8 Å². The smallest absolute Gasteiger partial charge is 0.205 e. The van der Waals surface area contributed by atoms with Crippen molar-refractivity contribution in [2.75, 3.05) is 0 Å². The van der Waals surface area contributed by atoms with Gasteiger partial charge >= 0.3 is 0 Å². The lowest BCUT2D eigenvalue weighted by atomic mass is 11.0. The van der Waals surface area contributed by atoms with E-state index in [0.717, 1.165) is 0 Å². The largest absolute Gasteiger partial charge is 0.265 e. The topological polar surface area (TPSA) is 33.1 Å². The van der Waals surface area contributed by atoms with Gasteiger partial charge in [-0.15, -0.1) is 0 Å². The molecular formula is C3H4NOS+. The third-order valence-electron chi connectivity index (χ3n) is 0.455. The molecule has 0 aliphatic rings. The van der Waals surface area contributed by atoms with Crippen molar-refractivity contribution in [3.8, 4) is 0 Å². The molecule has 1 aromatic rings. The Hall–Kier alpha value is -0.410. The molecule has 1 rings (SSSR count). The van der Waals surface area contributed by atoms with Gasteiger partial charge in [0.25, 0.3) is 5.51 Å². The van der Waals surface area contributed by atoms with Crippen LogP contribution in [0.15, 0.2) is 17.1 Å². The fourth-order valence-corrected chi connectivity index (χ4v) is 0.690. The molecule has 0 aromatic carbocycles. The van der Waals surface area contributed by atoms with Crippen molar-refractivity contribution in [3.05, 3.63) is 17.1 Å². The van der Waals surface area contributed by atoms with Gasteiger partial charge < -0.3 is 0 Å². The first-order valence-corrected chi connectivity index (χ1v) is 2.81. The highest BCUT2D eigenvalue weighted by Gasteiger charge is 1.89. The summed E-state index contributed by atoms with van der Waals surface area (Å²) in [5.41, 5.74) is 1.50. The van der Waals surface area contributed by atoms with E-state index < -0.39 is 10.8 Å². The second-order valence-corrected chi connectivity index (χ2v) is 2.06. The molecule has 0 saturated heterocycles. The van der Waals surface area contributed by atoms with Crippen LogP contribution in [0, 0.1) is 0 Å². The Balaban J connectivity index is 3.05. The molecule has 0 saturated carbocycles. The highest BCUT2D eigenvalue weighted by Crippen LogP contribution is 2.04. The molecule has 2 nitrogen and oxygen atoms in total. The summed E-state index contributed by atoms with van der Waals surface area (Å²) in [7, 11) is -0.645. The zero-order valence-electron chi connectivity index (χ0n) is 3.03. The van der Waals surface area contributed by atoms with Gasteiger partial charge in [0, 0.05) is 0 Å². The van der Waals surface area contributed by atoms with Crippen LogP contribution in [0.2, 0.25) is 0 Å². The number of thiazole rings is 1. The minimum absolute atomic E-state index is 0.645. The second-order valence-electron chi connectivity index (χ2n) is 0.887. The Morgan fingerprint density at radius 3 is 2.67 bits per heavy atom. The average Bonchev–Trinajstić information content (AvgIpc) is 1.86. The Morgan fingerprint density at radius 1 is 1.67 bits per heavy atom. The molecule has 1 heterocycles. The van der Waals surface area contributed by atoms with E-state index >= 15 is 0 Å². The van der Waals surface area contributed by atoms with E-state index in [-0.39, 0.29) is 0 Å². The van der Waals surface area contributed by atoms with E-state index in [1.807, 2.05) is 0 Å². The fraction of sp³-hybridized carbons (Fsp3) is 0. The molecule has 6 heavy (non-hydrogen) atoms. The summed E-state index contributed by atoms with van der Waals surface area (Å²) < 4.78 is 8.52. The van der Waals surface area contributed by atoms with E-state index in [2.05, 4.69) is 4.98 Å². The third kappa shape index (κ3) is 0.555. The van der Waals surface area contributed by atoms with Crippen molar-refractivity contribution in [2.45, 2.75) is 0 Å². The van der Waals surface area contributed by atoms with Crippen LogP contribution < -0.4 is 0 Å². The Morgan fingerprint density at radius 2 is 2.50 bits per heavy atom. The van der Waals surface area contributed by atoms with Crippen molar-refractivity contribution in [1.29, 1.82) is 0 Å². The number of aromatic nitrogens is 1. The molecule has 0 amide bonds. The summed E-state index contributed by atoms with van der Waals surface area (Å²) in [6, 6.07) is 0. The highest BCUT2D eigenvalue weighted by molar-refractivity contribution is 7.21. The standard InChI is InChI=1S/C3H4NOS/c5-6-2-1-4-3-6/h1-3,5H/q+1. The van der Waals surface area contributed by atoms with Crippen LogP contribution in [0.5, 0.6) is 0 Å². The number of rotatable bonds is 0. The second kappa shape index (κ2) is 1.36. The van der Waals surface area contributed by atoms with Gasteiger partial charge in [0.15, 0.2) is 16.1 Å². The van der Waals surface area contributed by atoms with E-state index in [4.69, 9.17) is 4.55 Å². The Kier molecular flexibility index (Phi) is 0.856. The summed E-state index contributed by atoms with van der Waals surface area (Å²) >= 11 is 0. The molecule has 0 aliphatic carbocycles. The molecule has 1 atom stereocenters. The summed E-state index contributed by atoms with van der Waals surface area (Å²) in [5.74, 6) is 0. The van der Waals surface area contributed by atoms with Gasteiger partial charge in [0.2, 0.25) is 0 Å². The summed E-state index contributed by atoms with van der Waals surface area (Å²) in [6.45, 7) is 0. The minimum Gasteiger partial charge on any atom is -0.205 e. The first-order chi connectivity index (χ1) is 2.89. The lowest BCUT2D eigenvalue weighted by molar-refractivity contribution is 0.642. The van der Waals surface area contributed by atoms with Crippen LogP contribution in [0.3, 0.4) is 0 Å². The van der Waals surface area contributed by atoms with Crippen LogP contribution in [-0.2, 0) is 0 Å². The van der Waals surface area contributed by atoms with Gasteiger partial charge in [-0.3, -0.25) is 0 Å². The molecule has 0 fully saturated rings. The SMILES string of the molecule is O[s+]1ccnc1. The molecule has 0 spiro atoms. The first-order valence-electron chi connectivity index (χ1n) is 1.50. The highest BCUT2D eigenvalue weighted by atomic mass is 32.2. The van der Waals surface area contributed by atoms with E-state index in [0.29, 0.717) is 0 Å². The summed E-state index contributed by atoms with van der Waals surface area (Å²) in [5, 5.41) is 1.64. The Bertz CT molecular complexity index is 114. The summed E-state index contributed by atoms with van der Waals surface area (Å²) in [6.07, 6.45) is 1.59. The van der Waals surface area contributed by atoms with E-state index in [9.17, 15) is 0 Å². The molecule has 1 unspecified atom stereocenters. The van der Waals surface area contributed by atoms with Crippen LogP contribution >= 0.6 is 10.8 Å². The first kappa shape index (κ1) is 3.77. The quantitative estimate of drug-likeness (QED) is 0.495. The predicted molar refractivity (Wildman–Crippen MR) is 24.0 cm³/mol. The summed E-state index contributed by atoms with van der Waals surface area (Å²) in [4.78, 5) is 3.62. The lowest BCUT2D eigenvalue weighted by Crippen LogP contribution is -1.42. The molecule has 32 valence electrons. The third-order valence-corrected chi connectivity index (χ3v) is 1.19. The van der Waals surface area contributed by atoms with Gasteiger partial charge in [0.05, 0.1) is 6.20 Å². The zero-order valence-corrected chi connectivity index (χ0v) is 3.85. The molecule has 1 N–H and O–H groups in total. The molecule has 0 aliphatic heterocycles. The van der Waals surface area contributed by atoms with Crippen LogP contribution in [0.1, 0.15) is 0 Å². The normalized spacial score (nSPS) is 11.8. The van der Waals surface area contributed by atoms with Crippen molar-refractivity contribution in [2.24, 2.45) is 0 Å². The molecule has 0 bridgehead atoms. The van der Waals surface area contributed by atoms with Gasteiger partial charge in [-0.2, -0.15) is 4.55 Å². The van der Waals surface area contributed by atoms with Crippen molar-refractivity contribution < 1.29 is 4.55 Å². The predicted octanol–water partition coefficient (Wildman–Crippen LogP) is 0.966. The minimum atomic E-state index is -0.645. The van der Waals surface area contributed by atoms with E-state index in [1.165, 1.54) is 5.51 Å². The number of hydrogen-bond donors (Lipinski definition) is 1. The van der Waals surface area contributed by atoms with Crippen LogP contribution in [0.25, 0.3) is 0 Å². The zero-order chi connectivity index (χ0) is 4.41. The van der Waals surface area contributed by atoms with E-state index in [1.54, 1.807) is 11.6 Å². The molecule has 0 radical (unpaired) electrons. The van der Waals surface area contributed by atoms with Crippen molar-refractivity contribution in [3.63, 3.8) is 0 Å². The van der Waals surface area contributed by atoms with Gasteiger partial charge in [-0.05, 0) is 0 Å². The maximum absolute atomic E-state index is 8.52. The van der Waals surface area contributed by atoms with Crippen molar-refractivity contribution in [1.82, 2.24) is 4.98 Å². The number of nitrogens with zero attached hydrogens (tertiary/aromatic N) is 1. The van der Waals surface area contributed by atoms with Gasteiger partial charge in [-0.1, -0.05) is 0 Å². The molecule has 1 aromatic heterocycles. The average molecular weight is 102 g/mol. The monoisotopic (exact) mass is 102 g/mol. The maximum Gasteiger partial charge on any atom is 0.265 e. The fourth-order valence-electron chi connectivity index (χ4n) is 0.230.